The van der Waals surface area contributed by atoms with Crippen LogP contribution in [-0.2, 0) is 9.30 Å². The van der Waals surface area contributed by atoms with Gasteiger partial charge in [-0.25, -0.2) is 4.79 Å². The lowest BCUT2D eigenvalue weighted by molar-refractivity contribution is 0.0602. The van der Waals surface area contributed by atoms with Crippen LogP contribution in [-0.4, -0.2) is 22.9 Å². The van der Waals surface area contributed by atoms with E-state index >= 15 is 0 Å². The van der Waals surface area contributed by atoms with E-state index in [1.54, 1.807) is 30.3 Å². The Kier molecular flexibility index (Phi) is 3.22. The minimum absolute atomic E-state index is 0.107. The number of esters is 1. The summed E-state index contributed by atoms with van der Waals surface area (Å²) < 4.78 is 16.1. The number of methoxy groups -OCH3 is 1. The van der Waals surface area contributed by atoms with Gasteiger partial charge in [0.1, 0.15) is 0 Å². The van der Waals surface area contributed by atoms with Crippen molar-refractivity contribution in [3.05, 3.63) is 42.0 Å². The first kappa shape index (κ1) is 12.8. The van der Waals surface area contributed by atoms with E-state index in [1.807, 2.05) is 0 Å². The number of fused-ring (bicyclic) bond motifs is 1. The number of benzene rings is 2. The highest BCUT2D eigenvalue weighted by Crippen LogP contribution is 2.38. The highest BCUT2D eigenvalue weighted by atomic mass is 31.2. The molecule has 2 rings (SSSR count). The predicted octanol–water partition coefficient (Wildman–Crippen LogP) is 1.43. The van der Waals surface area contributed by atoms with Gasteiger partial charge in [0.2, 0.25) is 0 Å². The van der Waals surface area contributed by atoms with Crippen molar-refractivity contribution in [3.8, 4) is 0 Å². The van der Waals surface area contributed by atoms with E-state index in [9.17, 15) is 19.1 Å². The van der Waals surface area contributed by atoms with Crippen LogP contribution in [0.5, 0.6) is 0 Å². The monoisotopic (exact) mass is 266 g/mol. The van der Waals surface area contributed by atoms with Crippen LogP contribution < -0.4 is 5.30 Å². The highest BCUT2D eigenvalue weighted by Gasteiger charge is 2.28. The van der Waals surface area contributed by atoms with Crippen molar-refractivity contribution >= 4 is 29.6 Å². The van der Waals surface area contributed by atoms with Gasteiger partial charge in [0.05, 0.1) is 18.0 Å². The molecule has 0 unspecified atom stereocenters. The van der Waals surface area contributed by atoms with Crippen LogP contribution in [0.25, 0.3) is 10.8 Å². The van der Waals surface area contributed by atoms with Crippen LogP contribution in [0.4, 0.5) is 0 Å². The van der Waals surface area contributed by atoms with Crippen LogP contribution in [0, 0.1) is 0 Å². The van der Waals surface area contributed by atoms with Gasteiger partial charge in [-0.2, -0.15) is 0 Å². The number of carbonyl (C=O) groups excluding carboxylic acids is 1. The molecule has 2 N–H and O–H groups in total. The van der Waals surface area contributed by atoms with E-state index < -0.39 is 13.6 Å². The summed E-state index contributed by atoms with van der Waals surface area (Å²) in [5, 5.41) is 0.727. The molecule has 6 heteroatoms. The summed E-state index contributed by atoms with van der Waals surface area (Å²) >= 11 is 0. The second kappa shape index (κ2) is 4.53. The predicted molar refractivity (Wildman–Crippen MR) is 67.0 cm³/mol. The lowest BCUT2D eigenvalue weighted by Crippen LogP contribution is -2.18. The van der Waals surface area contributed by atoms with Gasteiger partial charge in [0.15, 0.2) is 0 Å². The van der Waals surface area contributed by atoms with Gasteiger partial charge in [-0.3, -0.25) is 4.57 Å². The second-order valence-electron chi connectivity index (χ2n) is 3.72. The largest absolute Gasteiger partial charge is 0.465 e. The minimum Gasteiger partial charge on any atom is -0.465 e. The quantitative estimate of drug-likeness (QED) is 0.634. The fourth-order valence-corrected chi connectivity index (χ4v) is 2.84. The maximum atomic E-state index is 11.6. The second-order valence-corrected chi connectivity index (χ2v) is 5.25. The Labute approximate surface area is 103 Å². The standard InChI is InChI=1S/C12H11O5P/c1-17-12(13)10-7-6-8-4-2-3-5-9(8)11(10)18(14,15)16/h2-7H,1H3,(H2,14,15,16). The van der Waals surface area contributed by atoms with Crippen molar-refractivity contribution in [3.63, 3.8) is 0 Å². The van der Waals surface area contributed by atoms with Crippen molar-refractivity contribution < 1.29 is 23.9 Å². The molecular formula is C12H11O5P. The zero-order valence-electron chi connectivity index (χ0n) is 9.53. The Bertz CT molecular complexity index is 659. The highest BCUT2D eigenvalue weighted by molar-refractivity contribution is 7.61. The maximum absolute atomic E-state index is 11.6. The van der Waals surface area contributed by atoms with Gasteiger partial charge in [-0.05, 0) is 16.8 Å². The molecule has 0 aromatic heterocycles. The molecule has 2 aromatic rings. The average molecular weight is 266 g/mol. The van der Waals surface area contributed by atoms with Gasteiger partial charge < -0.3 is 14.5 Å². The number of hydrogen-bond acceptors (Lipinski definition) is 3. The van der Waals surface area contributed by atoms with E-state index in [2.05, 4.69) is 4.74 Å². The Hall–Kier alpha value is -1.68. The summed E-state index contributed by atoms with van der Waals surface area (Å²) in [6.45, 7) is 0. The minimum atomic E-state index is -4.57. The Morgan fingerprint density at radius 2 is 1.83 bits per heavy atom. The van der Waals surface area contributed by atoms with Crippen molar-refractivity contribution in [1.82, 2.24) is 0 Å². The first-order valence-corrected chi connectivity index (χ1v) is 6.72. The molecule has 2 aromatic carbocycles. The van der Waals surface area contributed by atoms with E-state index in [0.29, 0.717) is 10.8 Å². The SMILES string of the molecule is COC(=O)c1ccc2ccccc2c1P(=O)(O)O. The maximum Gasteiger partial charge on any atom is 0.357 e. The first-order chi connectivity index (χ1) is 8.45. The fraction of sp³-hybridized carbons (Fsp3) is 0.0833. The van der Waals surface area contributed by atoms with Crippen molar-refractivity contribution in [2.75, 3.05) is 7.11 Å². The zero-order chi connectivity index (χ0) is 13.3. The summed E-state index contributed by atoms with van der Waals surface area (Å²) in [7, 11) is -3.40. The first-order valence-electron chi connectivity index (χ1n) is 5.11. The van der Waals surface area contributed by atoms with Crippen LogP contribution in [0.1, 0.15) is 10.4 Å². The number of ether oxygens (including phenoxy) is 1. The molecule has 0 heterocycles. The number of carbonyl (C=O) groups is 1. The zero-order valence-corrected chi connectivity index (χ0v) is 10.4. The van der Waals surface area contributed by atoms with Gasteiger partial charge >= 0.3 is 13.6 Å². The molecule has 0 aliphatic carbocycles. The summed E-state index contributed by atoms with van der Waals surface area (Å²) in [4.78, 5) is 30.4. The number of rotatable bonds is 2. The normalized spacial score (nSPS) is 11.5. The van der Waals surface area contributed by atoms with Gasteiger partial charge in [0.25, 0.3) is 0 Å². The molecule has 0 radical (unpaired) electrons. The molecular weight excluding hydrogens is 255 g/mol. The number of hydrogen-bond donors (Lipinski definition) is 2. The summed E-state index contributed by atoms with van der Waals surface area (Å²) in [6.07, 6.45) is 0. The molecule has 0 saturated heterocycles. The molecule has 94 valence electrons. The van der Waals surface area contributed by atoms with Crippen molar-refractivity contribution in [1.29, 1.82) is 0 Å². The van der Waals surface area contributed by atoms with Crippen LogP contribution in [0.2, 0.25) is 0 Å². The Morgan fingerprint density at radius 1 is 1.17 bits per heavy atom. The smallest absolute Gasteiger partial charge is 0.357 e. The lowest BCUT2D eigenvalue weighted by Gasteiger charge is -2.12. The third kappa shape index (κ3) is 2.16. The molecule has 0 bridgehead atoms. The molecule has 18 heavy (non-hydrogen) atoms. The van der Waals surface area contributed by atoms with Gasteiger partial charge in [-0.1, -0.05) is 30.3 Å². The summed E-state index contributed by atoms with van der Waals surface area (Å²) in [5.41, 5.74) is -0.107. The molecule has 0 saturated carbocycles. The fourth-order valence-electron chi connectivity index (χ4n) is 1.84. The van der Waals surface area contributed by atoms with Crippen LogP contribution in [0.15, 0.2) is 36.4 Å². The molecule has 5 nitrogen and oxygen atoms in total. The molecule has 0 amide bonds. The lowest BCUT2D eigenvalue weighted by atomic mass is 10.1. The molecule has 0 aliphatic heterocycles. The molecule has 0 atom stereocenters. The molecule has 0 aliphatic rings. The Balaban J connectivity index is 2.88. The van der Waals surface area contributed by atoms with E-state index in [1.165, 1.54) is 13.2 Å². The topological polar surface area (TPSA) is 83.8 Å². The van der Waals surface area contributed by atoms with Crippen LogP contribution >= 0.6 is 7.60 Å². The molecule has 0 fully saturated rings. The van der Waals surface area contributed by atoms with E-state index in [-0.39, 0.29) is 10.9 Å². The van der Waals surface area contributed by atoms with E-state index in [0.717, 1.165) is 0 Å². The Morgan fingerprint density at radius 3 is 2.44 bits per heavy atom. The molecule has 0 spiro atoms. The average Bonchev–Trinajstić information content (AvgIpc) is 2.35. The van der Waals surface area contributed by atoms with Crippen molar-refractivity contribution in [2.24, 2.45) is 0 Å². The van der Waals surface area contributed by atoms with Gasteiger partial charge in [0, 0.05) is 0 Å². The summed E-state index contributed by atoms with van der Waals surface area (Å²) in [5.74, 6) is -0.765. The van der Waals surface area contributed by atoms with E-state index in [4.69, 9.17) is 0 Å². The third-order valence-electron chi connectivity index (χ3n) is 2.60. The van der Waals surface area contributed by atoms with Crippen molar-refractivity contribution in [2.45, 2.75) is 0 Å². The summed E-state index contributed by atoms with van der Waals surface area (Å²) in [6, 6.07) is 9.68. The third-order valence-corrected chi connectivity index (χ3v) is 3.66. The van der Waals surface area contributed by atoms with Crippen LogP contribution in [0.3, 0.4) is 0 Å². The van der Waals surface area contributed by atoms with Gasteiger partial charge in [-0.15, -0.1) is 0 Å².